The predicted octanol–water partition coefficient (Wildman–Crippen LogP) is 2.78. The number of thiazole rings is 2. The molecule has 4 nitrogen and oxygen atoms in total. The van der Waals surface area contributed by atoms with E-state index in [2.05, 4.69) is 68.0 Å². The van der Waals surface area contributed by atoms with Crippen molar-refractivity contribution in [1.82, 2.24) is 9.13 Å². The maximum absolute atomic E-state index is 5.69. The van der Waals surface area contributed by atoms with E-state index in [0.29, 0.717) is 26.4 Å². The Balaban J connectivity index is 1.60. The van der Waals surface area contributed by atoms with E-state index < -0.39 is 0 Å². The van der Waals surface area contributed by atoms with Crippen molar-refractivity contribution >= 4 is 53.8 Å². The molecule has 2 heterocycles. The van der Waals surface area contributed by atoms with Crippen molar-refractivity contribution in [1.29, 1.82) is 0 Å². The molecule has 2 rings (SSSR count). The van der Waals surface area contributed by atoms with Gasteiger partial charge in [-0.1, -0.05) is 0 Å². The Morgan fingerprint density at radius 2 is 1.08 bits per heavy atom. The third kappa shape index (κ3) is 5.36. The van der Waals surface area contributed by atoms with Gasteiger partial charge in [-0.2, -0.15) is 0 Å². The topological polar surface area (TPSA) is 28.3 Å². The van der Waals surface area contributed by atoms with Gasteiger partial charge in [0.15, 0.2) is 0 Å². The van der Waals surface area contributed by atoms with Crippen molar-refractivity contribution in [3.05, 3.63) is 28.2 Å². The van der Waals surface area contributed by atoms with Crippen molar-refractivity contribution in [3.8, 4) is 0 Å². The molecule has 0 fully saturated rings. The van der Waals surface area contributed by atoms with Gasteiger partial charge in [-0.15, -0.1) is 0 Å². The van der Waals surface area contributed by atoms with Crippen molar-refractivity contribution in [3.63, 3.8) is 0 Å². The Bertz CT molecular complexity index is 723. The van der Waals surface area contributed by atoms with Crippen molar-refractivity contribution in [2.24, 2.45) is 0 Å². The van der Waals surface area contributed by atoms with Crippen LogP contribution in [0, 0.1) is 34.7 Å². The van der Waals surface area contributed by atoms with E-state index in [4.69, 9.17) is 9.47 Å². The number of rotatable bonds is 9. The van der Waals surface area contributed by atoms with E-state index in [0.717, 1.165) is 13.1 Å². The summed E-state index contributed by atoms with van der Waals surface area (Å²) in [5.74, 6) is 0. The van der Waals surface area contributed by atoms with Crippen molar-refractivity contribution < 1.29 is 9.47 Å². The second kappa shape index (κ2) is 9.79. The molecule has 24 heavy (non-hydrogen) atoms. The Kier molecular flexibility index (Phi) is 8.37. The van der Waals surface area contributed by atoms with Gasteiger partial charge in [-0.25, -0.2) is 0 Å². The summed E-state index contributed by atoms with van der Waals surface area (Å²) in [6.45, 7) is 13.1. The van der Waals surface area contributed by atoms with Crippen LogP contribution < -0.4 is 0 Å². The molecule has 2 aromatic rings. The fourth-order valence-corrected chi connectivity index (χ4v) is 6.57. The number of hydrogen-bond acceptors (Lipinski definition) is 4. The molecular weight excluding hydrogens is 474 g/mol. The van der Waals surface area contributed by atoms with E-state index in [1.54, 1.807) is 22.7 Å². The van der Waals surface area contributed by atoms with Crippen LogP contribution in [0.1, 0.15) is 21.1 Å². The average molecular weight is 498 g/mol. The first-order valence-corrected chi connectivity index (χ1v) is 11.3. The second-order valence-corrected chi connectivity index (χ2v) is 10.7. The Hall–Kier alpha value is 0.219. The summed E-state index contributed by atoms with van der Waals surface area (Å²) in [5.41, 5.74) is 2.64. The van der Waals surface area contributed by atoms with Crippen LogP contribution in [0.5, 0.6) is 0 Å². The summed E-state index contributed by atoms with van der Waals surface area (Å²) in [6.07, 6.45) is 0. The van der Waals surface area contributed by atoms with Crippen LogP contribution in [0.2, 0.25) is 0 Å². The normalized spacial score (nSPS) is 11.3. The molecule has 0 aliphatic rings. The Morgan fingerprint density at radius 1 is 0.708 bits per heavy atom. The fraction of sp³-hybridized carbons (Fsp3) is 0.625. The molecular formula is C16H24N2O2S2Se2. The van der Waals surface area contributed by atoms with E-state index in [1.807, 2.05) is 0 Å². The van der Waals surface area contributed by atoms with E-state index in [9.17, 15) is 0 Å². The number of nitrogens with zero attached hydrogens (tertiary/aromatic N) is 2. The van der Waals surface area contributed by atoms with Gasteiger partial charge in [-0.05, 0) is 0 Å². The fourth-order valence-electron chi connectivity index (χ4n) is 2.33. The number of aryl methyl sites for hydroxylation is 2. The number of ether oxygens (including phenoxy) is 2. The summed E-state index contributed by atoms with van der Waals surface area (Å²) in [6, 6.07) is 0. The van der Waals surface area contributed by atoms with Crippen LogP contribution in [-0.2, 0) is 22.6 Å². The molecule has 0 aliphatic heterocycles. The zero-order valence-electron chi connectivity index (χ0n) is 14.6. The molecule has 0 saturated heterocycles. The monoisotopic (exact) mass is 500 g/mol. The third-order valence-corrected chi connectivity index (χ3v) is 8.01. The van der Waals surface area contributed by atoms with Crippen LogP contribution in [-0.4, -0.2) is 66.7 Å². The minimum absolute atomic E-state index is 0.642. The molecule has 0 amide bonds. The van der Waals surface area contributed by atoms with Crippen molar-refractivity contribution in [2.75, 3.05) is 26.4 Å². The first-order valence-electron chi connectivity index (χ1n) is 7.91. The Labute approximate surface area is 167 Å². The molecule has 0 atom stereocenters. The number of hydrogen-bond donors (Lipinski definition) is 0. The molecule has 0 N–H and O–H groups in total. The van der Waals surface area contributed by atoms with E-state index in [-0.39, 0.29) is 0 Å². The van der Waals surface area contributed by atoms with Crippen molar-refractivity contribution in [2.45, 2.75) is 40.8 Å². The van der Waals surface area contributed by atoms with Gasteiger partial charge in [0.25, 0.3) is 0 Å². The summed E-state index contributed by atoms with van der Waals surface area (Å²) in [7, 11) is 0. The molecule has 0 saturated carbocycles. The molecule has 2 aromatic heterocycles. The van der Waals surface area contributed by atoms with Crippen LogP contribution >= 0.6 is 22.7 Å². The first-order chi connectivity index (χ1) is 11.4. The van der Waals surface area contributed by atoms with E-state index in [1.165, 1.54) is 28.2 Å². The van der Waals surface area contributed by atoms with E-state index >= 15 is 0 Å². The average Bonchev–Trinajstić information content (AvgIpc) is 2.91. The van der Waals surface area contributed by atoms with Gasteiger partial charge in [0.2, 0.25) is 0 Å². The van der Waals surface area contributed by atoms with Crippen LogP contribution in [0.3, 0.4) is 0 Å². The van der Waals surface area contributed by atoms with Crippen LogP contribution in [0.15, 0.2) is 0 Å². The molecule has 0 unspecified atom stereocenters. The third-order valence-electron chi connectivity index (χ3n) is 4.04. The Morgan fingerprint density at radius 3 is 1.38 bits per heavy atom. The summed E-state index contributed by atoms with van der Waals surface area (Å²) in [4.78, 5) is 2.71. The van der Waals surface area contributed by atoms with Gasteiger partial charge >= 0.3 is 168 Å². The minimum atomic E-state index is 0.642. The van der Waals surface area contributed by atoms with Gasteiger partial charge in [-0.3, -0.25) is 0 Å². The molecule has 0 aromatic carbocycles. The van der Waals surface area contributed by atoms with Gasteiger partial charge in [0.1, 0.15) is 0 Å². The second-order valence-electron chi connectivity index (χ2n) is 5.55. The predicted molar refractivity (Wildman–Crippen MR) is 103 cm³/mol. The van der Waals surface area contributed by atoms with Crippen LogP contribution in [0.4, 0.5) is 0 Å². The molecule has 8 heteroatoms. The standard InChI is InChI=1S/C16H24N2O2S2Se2/c1-11-13(3)21-15(23)17(11)5-7-19-9-10-20-8-6-18-12(2)14(4)22-16(18)24/h5-10H2,1-4H3. The summed E-state index contributed by atoms with van der Waals surface area (Å²) < 4.78 is 18.4. The van der Waals surface area contributed by atoms with Gasteiger partial charge in [0.05, 0.1) is 0 Å². The zero-order valence-corrected chi connectivity index (χ0v) is 19.6. The van der Waals surface area contributed by atoms with Gasteiger partial charge < -0.3 is 0 Å². The quantitative estimate of drug-likeness (QED) is 0.393. The summed E-state index contributed by atoms with van der Waals surface area (Å²) >= 11 is 9.84. The van der Waals surface area contributed by atoms with Gasteiger partial charge in [0, 0.05) is 0 Å². The first kappa shape index (κ1) is 20.5. The molecule has 0 spiro atoms. The molecule has 0 bridgehead atoms. The molecule has 134 valence electrons. The summed E-state index contributed by atoms with van der Waals surface area (Å²) in [5, 5.41) is 0. The molecule has 0 radical (unpaired) electrons. The molecule has 0 aliphatic carbocycles. The number of aromatic nitrogens is 2. The maximum atomic E-state index is 5.69. The SMILES string of the molecule is Cc1sc(=[Se])n(CCOCCOCCn2c(C)c(C)sc2=[Se])c1C. The van der Waals surface area contributed by atoms with Crippen LogP contribution in [0.25, 0.3) is 0 Å². The zero-order chi connectivity index (χ0) is 17.7.